The van der Waals surface area contributed by atoms with Gasteiger partial charge in [0.1, 0.15) is 0 Å². The van der Waals surface area contributed by atoms with Crippen molar-refractivity contribution >= 4 is 15.5 Å². The van der Waals surface area contributed by atoms with E-state index in [2.05, 4.69) is 39.0 Å². The molecule has 0 radical (unpaired) electrons. The quantitative estimate of drug-likeness (QED) is 0.416. The number of rotatable bonds is 2. The Morgan fingerprint density at radius 3 is 2.44 bits per heavy atom. The van der Waals surface area contributed by atoms with Gasteiger partial charge in [-0.3, -0.25) is 0 Å². The minimum atomic E-state index is -0.359. The molecular weight excluding hydrogens is 234 g/mol. The maximum absolute atomic E-state index is 10.1. The van der Waals surface area contributed by atoms with Crippen LogP contribution < -0.4 is 0 Å². The predicted octanol–water partition coefficient (Wildman–Crippen LogP) is 1.42. The molecule has 57 valence electrons. The number of halogens is 1. The van der Waals surface area contributed by atoms with Crippen LogP contribution in [0, 0.1) is 0 Å². The molecule has 2 nitrogen and oxygen atoms in total. The van der Waals surface area contributed by atoms with Gasteiger partial charge in [-0.05, 0) is 6.92 Å². The van der Waals surface area contributed by atoms with Crippen LogP contribution >= 0.6 is 9.53 Å². The van der Waals surface area contributed by atoms with Crippen LogP contribution in [0.4, 0.5) is 0 Å². The van der Waals surface area contributed by atoms with Crippen molar-refractivity contribution in [2.45, 2.75) is 6.92 Å². The van der Waals surface area contributed by atoms with Gasteiger partial charge in [-0.15, -0.1) is 0 Å². The van der Waals surface area contributed by atoms with Gasteiger partial charge in [-0.25, -0.2) is 4.79 Å². The molecule has 0 spiro atoms. The normalized spacial score (nSPS) is 6.67. The van der Waals surface area contributed by atoms with E-state index in [1.165, 1.54) is 0 Å². The van der Waals surface area contributed by atoms with Gasteiger partial charge in [0.15, 0.2) is 0 Å². The SMILES string of the molecule is C=CC(=O)OCC.[Cl][Pd]. The van der Waals surface area contributed by atoms with Gasteiger partial charge in [-0.2, -0.15) is 0 Å². The standard InChI is InChI=1S/C5H8O2.ClH.Pd/c1-3-5(6)7-4-2;;/h3H,1,4H2,2H3;1H;/q;;+1/p-1. The molecule has 0 aliphatic rings. The van der Waals surface area contributed by atoms with Crippen LogP contribution in [0.15, 0.2) is 12.7 Å². The molecule has 4 heteroatoms. The molecule has 0 aromatic rings. The molecule has 0 aromatic carbocycles. The van der Waals surface area contributed by atoms with E-state index < -0.39 is 0 Å². The number of hydrogen-bond donors (Lipinski definition) is 0. The Kier molecular flexibility index (Phi) is 14.6. The Hall–Kier alpha value is 0.162. The number of carbonyl (C=O) groups is 1. The van der Waals surface area contributed by atoms with E-state index in [1.807, 2.05) is 0 Å². The van der Waals surface area contributed by atoms with E-state index in [4.69, 9.17) is 0 Å². The molecule has 0 N–H and O–H groups in total. The average molecular weight is 242 g/mol. The summed E-state index contributed by atoms with van der Waals surface area (Å²) in [6.45, 7) is 5.38. The van der Waals surface area contributed by atoms with Crippen LogP contribution in [0.3, 0.4) is 0 Å². The van der Waals surface area contributed by atoms with Crippen molar-refractivity contribution in [1.29, 1.82) is 0 Å². The van der Waals surface area contributed by atoms with Crippen molar-refractivity contribution in [3.63, 3.8) is 0 Å². The van der Waals surface area contributed by atoms with Crippen molar-refractivity contribution in [1.82, 2.24) is 0 Å². The Bertz CT molecular complexity index is 85.0. The number of esters is 1. The second-order valence-electron chi connectivity index (χ2n) is 0.956. The van der Waals surface area contributed by atoms with Crippen molar-refractivity contribution in [3.8, 4) is 0 Å². The third-order valence-electron chi connectivity index (χ3n) is 0.453. The van der Waals surface area contributed by atoms with Gasteiger partial charge in [0.25, 0.3) is 0 Å². The zero-order chi connectivity index (χ0) is 7.70. The Balaban J connectivity index is 0. The van der Waals surface area contributed by atoms with Crippen LogP contribution in [-0.4, -0.2) is 12.6 Å². The molecular formula is C5H8ClO2Pd. The summed E-state index contributed by atoms with van der Waals surface area (Å²) in [5.74, 6) is -0.359. The molecule has 0 bridgehead atoms. The second-order valence-corrected chi connectivity index (χ2v) is 0.956. The first-order chi connectivity index (χ1) is 4.31. The summed E-state index contributed by atoms with van der Waals surface area (Å²) >= 11 is 2.22. The molecule has 0 aromatic heterocycles. The first kappa shape index (κ1) is 11.9. The Morgan fingerprint density at radius 2 is 2.33 bits per heavy atom. The molecule has 9 heavy (non-hydrogen) atoms. The van der Waals surface area contributed by atoms with Crippen molar-refractivity contribution in [2.24, 2.45) is 0 Å². The molecule has 0 saturated heterocycles. The van der Waals surface area contributed by atoms with Crippen molar-refractivity contribution in [2.75, 3.05) is 6.61 Å². The van der Waals surface area contributed by atoms with Crippen molar-refractivity contribution in [3.05, 3.63) is 12.7 Å². The van der Waals surface area contributed by atoms with Crippen molar-refractivity contribution < 1.29 is 27.7 Å². The third-order valence-corrected chi connectivity index (χ3v) is 0.453. The van der Waals surface area contributed by atoms with Crippen LogP contribution in [0.1, 0.15) is 6.92 Å². The van der Waals surface area contributed by atoms with E-state index >= 15 is 0 Å². The second kappa shape index (κ2) is 11.0. The Morgan fingerprint density at radius 1 is 1.89 bits per heavy atom. The number of carbonyl (C=O) groups excluding carboxylic acids is 1. The molecule has 0 saturated carbocycles. The van der Waals surface area contributed by atoms with E-state index in [9.17, 15) is 4.79 Å². The molecule has 0 amide bonds. The van der Waals surface area contributed by atoms with Crippen LogP contribution in [0.2, 0.25) is 0 Å². The van der Waals surface area contributed by atoms with Gasteiger partial charge in [0.2, 0.25) is 0 Å². The fourth-order valence-electron chi connectivity index (χ4n) is 0.201. The van der Waals surface area contributed by atoms with Gasteiger partial charge in [0, 0.05) is 6.08 Å². The van der Waals surface area contributed by atoms with Crippen LogP contribution in [-0.2, 0) is 27.7 Å². The summed E-state index contributed by atoms with van der Waals surface area (Å²) < 4.78 is 4.43. The first-order valence-electron chi connectivity index (χ1n) is 2.22. The zero-order valence-electron chi connectivity index (χ0n) is 5.00. The molecule has 0 aliphatic carbocycles. The molecule has 0 fully saturated rings. The summed E-state index contributed by atoms with van der Waals surface area (Å²) in [6, 6.07) is 0. The predicted molar refractivity (Wildman–Crippen MR) is 32.7 cm³/mol. The maximum atomic E-state index is 10.1. The van der Waals surface area contributed by atoms with Gasteiger partial charge < -0.3 is 4.74 Å². The van der Waals surface area contributed by atoms with E-state index in [1.54, 1.807) is 6.92 Å². The van der Waals surface area contributed by atoms with E-state index in [0.29, 0.717) is 6.61 Å². The van der Waals surface area contributed by atoms with Crippen LogP contribution in [0.5, 0.6) is 0 Å². The summed E-state index contributed by atoms with van der Waals surface area (Å²) in [7, 11) is 4.49. The molecule has 0 rings (SSSR count). The topological polar surface area (TPSA) is 26.3 Å². The average Bonchev–Trinajstić information content (AvgIpc) is 1.93. The third kappa shape index (κ3) is 11.6. The zero-order valence-corrected chi connectivity index (χ0v) is 7.31. The fraction of sp³-hybridized carbons (Fsp3) is 0.400. The summed E-state index contributed by atoms with van der Waals surface area (Å²) in [5.41, 5.74) is 0. The van der Waals surface area contributed by atoms with Gasteiger partial charge in [0.05, 0.1) is 6.61 Å². The number of ether oxygens (including phenoxy) is 1. The molecule has 0 aliphatic heterocycles. The molecule has 0 heterocycles. The molecule has 0 unspecified atom stereocenters. The first-order valence-corrected chi connectivity index (χ1v) is 4.22. The minimum absolute atomic E-state index is 0.359. The van der Waals surface area contributed by atoms with Gasteiger partial charge >= 0.3 is 33.7 Å². The van der Waals surface area contributed by atoms with E-state index in [-0.39, 0.29) is 5.97 Å². The Labute approximate surface area is 69.6 Å². The van der Waals surface area contributed by atoms with E-state index in [0.717, 1.165) is 6.08 Å². The summed E-state index contributed by atoms with van der Waals surface area (Å²) in [6.07, 6.45) is 1.14. The molecule has 0 atom stereocenters. The van der Waals surface area contributed by atoms with Gasteiger partial charge in [-0.1, -0.05) is 6.58 Å². The summed E-state index contributed by atoms with van der Waals surface area (Å²) in [5, 5.41) is 0. The van der Waals surface area contributed by atoms with Crippen LogP contribution in [0.25, 0.3) is 0 Å². The monoisotopic (exact) mass is 241 g/mol. The summed E-state index contributed by atoms with van der Waals surface area (Å²) in [4.78, 5) is 10.1. The number of hydrogen-bond acceptors (Lipinski definition) is 2. The fourth-order valence-corrected chi connectivity index (χ4v) is 0.201.